The van der Waals surface area contributed by atoms with Crippen LogP contribution in [0.4, 0.5) is 13.2 Å². The van der Waals surface area contributed by atoms with Crippen LogP contribution >= 0.6 is 0 Å². The van der Waals surface area contributed by atoms with E-state index in [0.717, 1.165) is 18.2 Å². The maximum Gasteiger partial charge on any atom is 0.573 e. The topological polar surface area (TPSA) is 72.5 Å². The first-order valence-corrected chi connectivity index (χ1v) is 6.10. The molecule has 0 unspecified atom stereocenters. The molecule has 0 amide bonds. The summed E-state index contributed by atoms with van der Waals surface area (Å²) in [5.41, 5.74) is 1.44. The lowest BCUT2D eigenvalue weighted by Crippen LogP contribution is -2.17. The number of fused-ring (bicyclic) bond motifs is 1. The van der Waals surface area contributed by atoms with E-state index in [1.807, 2.05) is 0 Å². The Bertz CT molecular complexity index is 845. The van der Waals surface area contributed by atoms with Gasteiger partial charge in [0.05, 0.1) is 5.69 Å². The molecule has 0 bridgehead atoms. The van der Waals surface area contributed by atoms with Crippen molar-refractivity contribution in [3.8, 4) is 22.6 Å². The van der Waals surface area contributed by atoms with Gasteiger partial charge in [0, 0.05) is 11.1 Å². The number of hydrogen-bond donors (Lipinski definition) is 1. The van der Waals surface area contributed by atoms with E-state index in [2.05, 4.69) is 20.0 Å². The van der Waals surface area contributed by atoms with Gasteiger partial charge in [-0.1, -0.05) is 0 Å². The predicted octanol–water partition coefficient (Wildman–Crippen LogP) is 2.70. The molecule has 3 rings (SSSR count). The van der Waals surface area contributed by atoms with E-state index >= 15 is 0 Å². The van der Waals surface area contributed by atoms with Crippen LogP contribution < -0.4 is 4.74 Å². The van der Waals surface area contributed by atoms with Gasteiger partial charge in [-0.05, 0) is 31.2 Å². The molecule has 0 saturated carbocycles. The number of aryl methyl sites for hydroxylation is 1. The van der Waals surface area contributed by atoms with Crippen LogP contribution in [0.1, 0.15) is 5.69 Å². The molecule has 3 aromatic rings. The van der Waals surface area contributed by atoms with E-state index in [1.165, 1.54) is 10.8 Å². The van der Waals surface area contributed by atoms with Crippen molar-refractivity contribution in [1.82, 2.24) is 19.8 Å². The molecule has 9 heteroatoms. The monoisotopic (exact) mass is 310 g/mol. The smallest absolute Gasteiger partial charge is 0.507 e. The predicted molar refractivity (Wildman–Crippen MR) is 69.3 cm³/mol. The van der Waals surface area contributed by atoms with Crippen LogP contribution in [0.2, 0.25) is 0 Å². The lowest BCUT2D eigenvalue weighted by Gasteiger charge is -2.12. The summed E-state index contributed by atoms with van der Waals surface area (Å²) >= 11 is 0. The average molecular weight is 310 g/mol. The van der Waals surface area contributed by atoms with Gasteiger partial charge in [-0.3, -0.25) is 0 Å². The highest BCUT2D eigenvalue weighted by atomic mass is 19.4. The SMILES string of the molecule is Cc1cc(-c2cc(OC(F)(F)F)ccc2O)c2nncn2n1. The standard InChI is InChI=1S/C13H9F3N4O2/c1-7-4-10(12-18-17-6-20(12)19-7)9-5-8(2-3-11(9)21)22-13(14,15)16/h2-6,21H,1H3. The fourth-order valence-electron chi connectivity index (χ4n) is 2.08. The van der Waals surface area contributed by atoms with Crippen molar-refractivity contribution in [2.24, 2.45) is 0 Å². The molecule has 0 aliphatic heterocycles. The minimum Gasteiger partial charge on any atom is -0.507 e. The first kappa shape index (κ1) is 14.1. The zero-order chi connectivity index (χ0) is 15.9. The Balaban J connectivity index is 2.17. The highest BCUT2D eigenvalue weighted by Crippen LogP contribution is 2.36. The van der Waals surface area contributed by atoms with Gasteiger partial charge in [-0.25, -0.2) is 0 Å². The van der Waals surface area contributed by atoms with Gasteiger partial charge in [0.25, 0.3) is 0 Å². The Kier molecular flexibility index (Phi) is 3.12. The molecule has 0 fully saturated rings. The van der Waals surface area contributed by atoms with Crippen LogP contribution in [0.3, 0.4) is 0 Å². The maximum absolute atomic E-state index is 12.3. The molecule has 22 heavy (non-hydrogen) atoms. The molecule has 0 spiro atoms. The molecule has 2 aromatic heterocycles. The highest BCUT2D eigenvalue weighted by molar-refractivity contribution is 5.81. The number of benzene rings is 1. The lowest BCUT2D eigenvalue weighted by atomic mass is 10.1. The molecular formula is C13H9F3N4O2. The first-order chi connectivity index (χ1) is 10.3. The summed E-state index contributed by atoms with van der Waals surface area (Å²) in [5, 5.41) is 21.6. The highest BCUT2D eigenvalue weighted by Gasteiger charge is 2.31. The quantitative estimate of drug-likeness (QED) is 0.788. The molecule has 114 valence electrons. The largest absolute Gasteiger partial charge is 0.573 e. The number of aromatic hydroxyl groups is 1. The van der Waals surface area contributed by atoms with E-state index in [1.54, 1.807) is 13.0 Å². The van der Waals surface area contributed by atoms with Gasteiger partial charge in [0.2, 0.25) is 0 Å². The van der Waals surface area contributed by atoms with Crippen molar-refractivity contribution in [2.45, 2.75) is 13.3 Å². The van der Waals surface area contributed by atoms with E-state index in [4.69, 9.17) is 0 Å². The van der Waals surface area contributed by atoms with E-state index in [9.17, 15) is 18.3 Å². The molecule has 0 aliphatic carbocycles. The normalized spacial score (nSPS) is 11.8. The van der Waals surface area contributed by atoms with Crippen molar-refractivity contribution in [1.29, 1.82) is 0 Å². The van der Waals surface area contributed by atoms with Crippen LogP contribution in [-0.4, -0.2) is 31.3 Å². The average Bonchev–Trinajstić information content (AvgIpc) is 2.86. The Morgan fingerprint density at radius 2 is 1.95 bits per heavy atom. The molecular weight excluding hydrogens is 301 g/mol. The van der Waals surface area contributed by atoms with Gasteiger partial charge in [0.1, 0.15) is 17.8 Å². The first-order valence-electron chi connectivity index (χ1n) is 6.10. The van der Waals surface area contributed by atoms with Crippen LogP contribution in [0.25, 0.3) is 16.8 Å². The molecule has 2 heterocycles. The molecule has 6 nitrogen and oxygen atoms in total. The Morgan fingerprint density at radius 1 is 1.18 bits per heavy atom. The third-order valence-corrected chi connectivity index (χ3v) is 2.88. The van der Waals surface area contributed by atoms with E-state index in [-0.39, 0.29) is 11.3 Å². The minimum atomic E-state index is -4.81. The van der Waals surface area contributed by atoms with Gasteiger partial charge < -0.3 is 9.84 Å². The summed E-state index contributed by atoms with van der Waals surface area (Å²) in [6, 6.07) is 4.84. The second kappa shape index (κ2) is 4.86. The van der Waals surface area contributed by atoms with E-state index < -0.39 is 12.1 Å². The number of phenolic OH excluding ortho intramolecular Hbond substituents is 1. The molecule has 0 aliphatic rings. The van der Waals surface area contributed by atoms with Gasteiger partial charge in [-0.2, -0.15) is 9.61 Å². The number of alkyl halides is 3. The van der Waals surface area contributed by atoms with Gasteiger partial charge >= 0.3 is 6.36 Å². The third kappa shape index (κ3) is 2.65. The van der Waals surface area contributed by atoms with Crippen LogP contribution in [0, 0.1) is 6.92 Å². The second-order valence-electron chi connectivity index (χ2n) is 4.53. The van der Waals surface area contributed by atoms with Crippen molar-refractivity contribution in [3.05, 3.63) is 36.3 Å². The number of hydrogen-bond acceptors (Lipinski definition) is 5. The number of aromatic nitrogens is 4. The summed E-state index contributed by atoms with van der Waals surface area (Å²) in [5.74, 6) is -0.641. The summed E-state index contributed by atoms with van der Waals surface area (Å²) in [6.07, 6.45) is -3.45. The fourth-order valence-corrected chi connectivity index (χ4v) is 2.08. The maximum atomic E-state index is 12.3. The number of nitrogens with zero attached hydrogens (tertiary/aromatic N) is 4. The lowest BCUT2D eigenvalue weighted by molar-refractivity contribution is -0.274. The Morgan fingerprint density at radius 3 is 2.68 bits per heavy atom. The third-order valence-electron chi connectivity index (χ3n) is 2.88. The van der Waals surface area contributed by atoms with Crippen molar-refractivity contribution in [2.75, 3.05) is 0 Å². The summed E-state index contributed by atoms with van der Waals surface area (Å²) < 4.78 is 42.2. The van der Waals surface area contributed by atoms with Crippen LogP contribution in [0.15, 0.2) is 30.6 Å². The Hall–Kier alpha value is -2.84. The Labute approximate surface area is 121 Å². The van der Waals surface area contributed by atoms with Gasteiger partial charge in [-0.15, -0.1) is 23.4 Å². The molecule has 1 N–H and O–H groups in total. The van der Waals surface area contributed by atoms with Crippen molar-refractivity contribution < 1.29 is 23.0 Å². The fraction of sp³-hybridized carbons (Fsp3) is 0.154. The van der Waals surface area contributed by atoms with Crippen LogP contribution in [-0.2, 0) is 0 Å². The number of rotatable bonds is 2. The number of ether oxygens (including phenoxy) is 1. The summed E-state index contributed by atoms with van der Waals surface area (Å²) in [4.78, 5) is 0. The number of phenols is 1. The molecule has 0 atom stereocenters. The molecule has 0 radical (unpaired) electrons. The molecule has 1 aromatic carbocycles. The van der Waals surface area contributed by atoms with Crippen molar-refractivity contribution in [3.63, 3.8) is 0 Å². The van der Waals surface area contributed by atoms with Crippen molar-refractivity contribution >= 4 is 5.65 Å². The number of halogens is 3. The minimum absolute atomic E-state index is 0.144. The zero-order valence-corrected chi connectivity index (χ0v) is 11.2. The van der Waals surface area contributed by atoms with Crippen LogP contribution in [0.5, 0.6) is 11.5 Å². The zero-order valence-electron chi connectivity index (χ0n) is 11.2. The van der Waals surface area contributed by atoms with E-state index in [0.29, 0.717) is 16.9 Å². The molecule has 0 saturated heterocycles. The summed E-state index contributed by atoms with van der Waals surface area (Å²) in [7, 11) is 0. The second-order valence-corrected chi connectivity index (χ2v) is 4.53. The van der Waals surface area contributed by atoms with Gasteiger partial charge in [0.15, 0.2) is 5.65 Å². The summed E-state index contributed by atoms with van der Waals surface area (Å²) in [6.45, 7) is 1.70.